The highest BCUT2D eigenvalue weighted by molar-refractivity contribution is 5.95. The number of rotatable bonds is 9. The number of aromatic nitrogens is 2. The summed E-state index contributed by atoms with van der Waals surface area (Å²) < 4.78 is 0. The van der Waals surface area contributed by atoms with Crippen LogP contribution < -0.4 is 11.0 Å². The zero-order valence-corrected chi connectivity index (χ0v) is 17.8. The summed E-state index contributed by atoms with van der Waals surface area (Å²) in [5.41, 5.74) is 1.17. The van der Waals surface area contributed by atoms with Gasteiger partial charge in [-0.1, -0.05) is 61.5 Å². The van der Waals surface area contributed by atoms with Crippen LogP contribution >= 0.6 is 0 Å². The van der Waals surface area contributed by atoms with Crippen LogP contribution in [0.5, 0.6) is 0 Å². The van der Waals surface area contributed by atoms with Gasteiger partial charge < -0.3 is 15.5 Å². The van der Waals surface area contributed by atoms with Crippen LogP contribution in [0, 0.1) is 5.92 Å². The van der Waals surface area contributed by atoms with Crippen LogP contribution in [0.2, 0.25) is 0 Å². The van der Waals surface area contributed by atoms with Crippen LogP contribution in [0.1, 0.15) is 39.9 Å². The summed E-state index contributed by atoms with van der Waals surface area (Å²) in [5, 5.41) is 21.1. The van der Waals surface area contributed by atoms with Gasteiger partial charge in [-0.2, -0.15) is 4.98 Å². The summed E-state index contributed by atoms with van der Waals surface area (Å²) in [6, 6.07) is 17.9. The topological polar surface area (TPSA) is 149 Å². The maximum absolute atomic E-state index is 12.7. The Bertz CT molecular complexity index is 1200. The largest absolute Gasteiger partial charge is 0.481 e. The lowest BCUT2D eigenvalue weighted by atomic mass is 9.95. The number of carboxylic acid groups (broad SMARTS) is 2. The minimum atomic E-state index is -1.40. The van der Waals surface area contributed by atoms with Crippen molar-refractivity contribution in [3.05, 3.63) is 88.1 Å². The van der Waals surface area contributed by atoms with Crippen molar-refractivity contribution < 1.29 is 24.6 Å². The fraction of sp³-hybridized carbons (Fsp3) is 0.208. The van der Waals surface area contributed by atoms with Gasteiger partial charge in [0.2, 0.25) is 0 Å². The molecule has 0 aliphatic heterocycles. The average Bonchev–Trinajstić information content (AvgIpc) is 2.79. The number of nitrogens with zero attached hydrogens (tertiary/aromatic N) is 1. The number of aromatic amines is 1. The number of carbonyl (C=O) groups excluding carboxylic acids is 1. The number of hydrogen-bond acceptors (Lipinski definition) is 5. The van der Waals surface area contributed by atoms with E-state index in [0.29, 0.717) is 6.42 Å². The summed E-state index contributed by atoms with van der Waals surface area (Å²) in [4.78, 5) is 52.4. The molecule has 0 spiro atoms. The van der Waals surface area contributed by atoms with E-state index < -0.39 is 41.2 Å². The van der Waals surface area contributed by atoms with E-state index in [1.54, 1.807) is 0 Å². The summed E-state index contributed by atoms with van der Waals surface area (Å²) in [6.45, 7) is 1.54. The minimum Gasteiger partial charge on any atom is -0.481 e. The van der Waals surface area contributed by atoms with E-state index in [0.717, 1.165) is 22.8 Å². The Kier molecular flexibility index (Phi) is 7.34. The van der Waals surface area contributed by atoms with E-state index in [9.17, 15) is 24.3 Å². The number of H-pyrrole nitrogens is 1. The third-order valence-electron chi connectivity index (χ3n) is 5.15. The molecule has 1 amide bonds. The summed E-state index contributed by atoms with van der Waals surface area (Å²) in [6.07, 6.45) is 0.476. The Morgan fingerprint density at radius 1 is 1.00 bits per heavy atom. The van der Waals surface area contributed by atoms with E-state index in [2.05, 4.69) is 10.3 Å². The molecule has 0 saturated heterocycles. The number of benzene rings is 2. The molecule has 2 aromatic carbocycles. The lowest BCUT2D eigenvalue weighted by molar-refractivity contribution is -0.141. The van der Waals surface area contributed by atoms with Crippen LogP contribution in [0.15, 0.2) is 65.5 Å². The Morgan fingerprint density at radius 3 is 2.24 bits per heavy atom. The molecule has 0 aliphatic rings. The van der Waals surface area contributed by atoms with Crippen molar-refractivity contribution in [1.29, 1.82) is 0 Å². The molecular formula is C24H23N3O6. The first kappa shape index (κ1) is 23.4. The summed E-state index contributed by atoms with van der Waals surface area (Å²) in [7, 11) is 0. The average molecular weight is 449 g/mol. The second-order valence-corrected chi connectivity index (χ2v) is 7.70. The van der Waals surface area contributed by atoms with E-state index >= 15 is 0 Å². The van der Waals surface area contributed by atoms with Gasteiger partial charge in [-0.3, -0.25) is 14.6 Å². The molecule has 3 aromatic rings. The molecule has 0 fully saturated rings. The standard InChI is InChI=1S/C24H23N3O6/c1-14(22(29)30)11-18(25-21(28)19-13-20(23(31)32)27-24(33)26-19)12-15-7-9-17(10-8-15)16-5-3-2-4-6-16/h2-10,13-14,18H,11-12H2,1H3,(H,25,28)(H,29,30)(H,31,32)(H,26,27,33)/t14-,18+/m1/s1. The molecule has 0 saturated carbocycles. The Balaban J connectivity index is 1.80. The fourth-order valence-corrected chi connectivity index (χ4v) is 3.42. The van der Waals surface area contributed by atoms with E-state index in [-0.39, 0.29) is 12.1 Å². The third-order valence-corrected chi connectivity index (χ3v) is 5.15. The van der Waals surface area contributed by atoms with Crippen LogP contribution in [0.4, 0.5) is 0 Å². The fourth-order valence-electron chi connectivity index (χ4n) is 3.42. The zero-order valence-electron chi connectivity index (χ0n) is 17.8. The van der Waals surface area contributed by atoms with Gasteiger partial charge in [0.05, 0.1) is 5.92 Å². The molecular weight excluding hydrogens is 426 g/mol. The lowest BCUT2D eigenvalue weighted by Gasteiger charge is -2.21. The molecule has 9 nitrogen and oxygen atoms in total. The Labute approximate surface area is 189 Å². The first-order valence-electron chi connectivity index (χ1n) is 10.3. The molecule has 170 valence electrons. The number of carboxylic acids is 2. The number of carbonyl (C=O) groups is 3. The molecule has 0 radical (unpaired) electrons. The molecule has 3 rings (SSSR count). The van der Waals surface area contributed by atoms with Gasteiger partial charge in [0.15, 0.2) is 0 Å². The van der Waals surface area contributed by atoms with Crippen molar-refractivity contribution in [3.8, 4) is 11.1 Å². The second kappa shape index (κ2) is 10.4. The second-order valence-electron chi connectivity index (χ2n) is 7.70. The van der Waals surface area contributed by atoms with Gasteiger partial charge in [0, 0.05) is 12.1 Å². The van der Waals surface area contributed by atoms with Crippen LogP contribution in [0.25, 0.3) is 11.1 Å². The van der Waals surface area contributed by atoms with E-state index in [1.165, 1.54) is 6.92 Å². The van der Waals surface area contributed by atoms with Crippen molar-refractivity contribution in [2.24, 2.45) is 5.92 Å². The zero-order chi connectivity index (χ0) is 24.0. The van der Waals surface area contributed by atoms with E-state index in [1.807, 2.05) is 59.6 Å². The molecule has 0 bridgehead atoms. The van der Waals surface area contributed by atoms with Crippen molar-refractivity contribution in [3.63, 3.8) is 0 Å². The first-order valence-corrected chi connectivity index (χ1v) is 10.3. The predicted molar refractivity (Wildman–Crippen MR) is 120 cm³/mol. The van der Waals surface area contributed by atoms with Crippen molar-refractivity contribution in [2.45, 2.75) is 25.8 Å². The number of aliphatic carboxylic acids is 1. The predicted octanol–water partition coefficient (Wildman–Crippen LogP) is 2.59. The maximum Gasteiger partial charge on any atom is 0.352 e. The third kappa shape index (κ3) is 6.36. The number of hydrogen-bond donors (Lipinski definition) is 4. The molecule has 4 N–H and O–H groups in total. The molecule has 0 unspecified atom stereocenters. The van der Waals surface area contributed by atoms with Gasteiger partial charge in [0.1, 0.15) is 11.4 Å². The number of aromatic carboxylic acids is 1. The maximum atomic E-state index is 12.7. The minimum absolute atomic E-state index is 0.135. The smallest absolute Gasteiger partial charge is 0.352 e. The molecule has 33 heavy (non-hydrogen) atoms. The highest BCUT2D eigenvalue weighted by atomic mass is 16.4. The van der Waals surface area contributed by atoms with Crippen LogP contribution in [-0.4, -0.2) is 44.1 Å². The molecule has 1 aromatic heterocycles. The lowest BCUT2D eigenvalue weighted by Crippen LogP contribution is -2.39. The number of amides is 1. The van der Waals surface area contributed by atoms with Crippen molar-refractivity contribution in [1.82, 2.24) is 15.3 Å². The monoisotopic (exact) mass is 449 g/mol. The summed E-state index contributed by atoms with van der Waals surface area (Å²) in [5.74, 6) is -3.90. The van der Waals surface area contributed by atoms with Crippen molar-refractivity contribution in [2.75, 3.05) is 0 Å². The highest BCUT2D eigenvalue weighted by Crippen LogP contribution is 2.20. The van der Waals surface area contributed by atoms with Gasteiger partial charge in [-0.25, -0.2) is 9.59 Å². The van der Waals surface area contributed by atoms with Gasteiger partial charge in [0.25, 0.3) is 5.91 Å². The quantitative estimate of drug-likeness (QED) is 0.392. The van der Waals surface area contributed by atoms with Crippen LogP contribution in [-0.2, 0) is 11.2 Å². The molecule has 2 atom stereocenters. The SMILES string of the molecule is C[C@H](C[C@@H](Cc1ccc(-c2ccccc2)cc1)NC(=O)c1cc(C(=O)O)[nH]c(=O)n1)C(=O)O. The Morgan fingerprint density at radius 2 is 1.64 bits per heavy atom. The van der Waals surface area contributed by atoms with Gasteiger partial charge in [-0.15, -0.1) is 0 Å². The molecule has 9 heteroatoms. The Hall–Kier alpha value is -4.27. The highest BCUT2D eigenvalue weighted by Gasteiger charge is 2.22. The van der Waals surface area contributed by atoms with E-state index in [4.69, 9.17) is 5.11 Å². The van der Waals surface area contributed by atoms with Crippen LogP contribution in [0.3, 0.4) is 0 Å². The molecule has 0 aliphatic carbocycles. The normalized spacial score (nSPS) is 12.5. The molecule has 1 heterocycles. The van der Waals surface area contributed by atoms with Crippen molar-refractivity contribution >= 4 is 17.8 Å². The first-order chi connectivity index (χ1) is 15.7. The van der Waals surface area contributed by atoms with Gasteiger partial charge >= 0.3 is 17.6 Å². The summed E-state index contributed by atoms with van der Waals surface area (Å²) >= 11 is 0. The van der Waals surface area contributed by atoms with Gasteiger partial charge in [-0.05, 0) is 29.5 Å². The number of nitrogens with one attached hydrogen (secondary N) is 2.